The van der Waals surface area contributed by atoms with E-state index < -0.39 is 0 Å². The standard InChI is InChI=1S/C16H16N2O2S/c1-10-6-12-14(8-17-9-16(12)21-10)18-13-7-11(19-2)4-5-15(13)20-3/h4-9,18H,1-3H3. The first kappa shape index (κ1) is 13.7. The van der Waals surface area contributed by atoms with Crippen LogP contribution in [-0.4, -0.2) is 19.2 Å². The second kappa shape index (κ2) is 5.61. The van der Waals surface area contributed by atoms with E-state index in [-0.39, 0.29) is 0 Å². The molecule has 3 rings (SSSR count). The summed E-state index contributed by atoms with van der Waals surface area (Å²) in [6.45, 7) is 2.10. The van der Waals surface area contributed by atoms with Crippen molar-refractivity contribution in [1.29, 1.82) is 0 Å². The Morgan fingerprint density at radius 1 is 1.05 bits per heavy atom. The van der Waals surface area contributed by atoms with Gasteiger partial charge in [-0.05, 0) is 25.1 Å². The maximum atomic E-state index is 5.40. The van der Waals surface area contributed by atoms with Crippen molar-refractivity contribution in [2.45, 2.75) is 6.92 Å². The van der Waals surface area contributed by atoms with E-state index in [0.29, 0.717) is 0 Å². The van der Waals surface area contributed by atoms with E-state index in [1.807, 2.05) is 30.6 Å². The third-order valence-corrected chi connectivity index (χ3v) is 4.23. The molecule has 4 nitrogen and oxygen atoms in total. The summed E-state index contributed by atoms with van der Waals surface area (Å²) in [5.74, 6) is 1.54. The van der Waals surface area contributed by atoms with Gasteiger partial charge < -0.3 is 14.8 Å². The van der Waals surface area contributed by atoms with Gasteiger partial charge in [0.1, 0.15) is 11.5 Å². The molecule has 0 saturated heterocycles. The van der Waals surface area contributed by atoms with Crippen molar-refractivity contribution in [2.75, 3.05) is 19.5 Å². The normalized spacial score (nSPS) is 10.6. The highest BCUT2D eigenvalue weighted by atomic mass is 32.1. The third kappa shape index (κ3) is 2.64. The molecule has 0 fully saturated rings. The lowest BCUT2D eigenvalue weighted by Gasteiger charge is -2.13. The first-order chi connectivity index (χ1) is 10.2. The van der Waals surface area contributed by atoms with Gasteiger partial charge in [0.15, 0.2) is 0 Å². The van der Waals surface area contributed by atoms with Gasteiger partial charge in [-0.3, -0.25) is 4.98 Å². The molecule has 0 radical (unpaired) electrons. The van der Waals surface area contributed by atoms with Crippen molar-refractivity contribution in [2.24, 2.45) is 0 Å². The Morgan fingerprint density at radius 3 is 2.67 bits per heavy atom. The van der Waals surface area contributed by atoms with Crippen LogP contribution in [0.4, 0.5) is 11.4 Å². The van der Waals surface area contributed by atoms with Crippen molar-refractivity contribution in [3.05, 3.63) is 41.5 Å². The minimum atomic E-state index is 0.764. The number of aromatic nitrogens is 1. The molecule has 108 valence electrons. The smallest absolute Gasteiger partial charge is 0.142 e. The Labute approximate surface area is 127 Å². The number of hydrogen-bond acceptors (Lipinski definition) is 5. The lowest BCUT2D eigenvalue weighted by atomic mass is 10.2. The number of rotatable bonds is 4. The maximum Gasteiger partial charge on any atom is 0.142 e. The number of pyridine rings is 1. The van der Waals surface area contributed by atoms with Crippen LogP contribution in [0.2, 0.25) is 0 Å². The zero-order chi connectivity index (χ0) is 14.8. The van der Waals surface area contributed by atoms with E-state index in [9.17, 15) is 0 Å². The number of thiophene rings is 1. The molecule has 3 aromatic rings. The van der Waals surface area contributed by atoms with Crippen LogP contribution < -0.4 is 14.8 Å². The van der Waals surface area contributed by atoms with E-state index in [1.54, 1.807) is 25.6 Å². The Balaban J connectivity index is 2.05. The van der Waals surface area contributed by atoms with Crippen LogP contribution in [0.5, 0.6) is 11.5 Å². The zero-order valence-corrected chi connectivity index (χ0v) is 13.0. The fourth-order valence-corrected chi connectivity index (χ4v) is 3.16. The summed E-state index contributed by atoms with van der Waals surface area (Å²) in [5, 5.41) is 4.56. The van der Waals surface area contributed by atoms with Crippen LogP contribution in [0.15, 0.2) is 36.7 Å². The topological polar surface area (TPSA) is 43.4 Å². The summed E-state index contributed by atoms with van der Waals surface area (Å²) in [6, 6.07) is 7.83. The third-order valence-electron chi connectivity index (χ3n) is 3.25. The van der Waals surface area contributed by atoms with Crippen molar-refractivity contribution in [3.8, 4) is 11.5 Å². The Morgan fingerprint density at radius 2 is 1.90 bits per heavy atom. The number of methoxy groups -OCH3 is 2. The molecule has 0 aliphatic rings. The molecule has 0 bridgehead atoms. The molecule has 0 aliphatic carbocycles. The van der Waals surface area contributed by atoms with Crippen LogP contribution in [0.3, 0.4) is 0 Å². The molecule has 0 amide bonds. The van der Waals surface area contributed by atoms with Gasteiger partial charge in [0.2, 0.25) is 0 Å². The molecule has 1 N–H and O–H groups in total. The molecule has 5 heteroatoms. The number of nitrogens with zero attached hydrogens (tertiary/aromatic N) is 1. The van der Waals surface area contributed by atoms with E-state index in [4.69, 9.17) is 9.47 Å². The van der Waals surface area contributed by atoms with Gasteiger partial charge in [-0.15, -0.1) is 11.3 Å². The summed E-state index contributed by atoms with van der Waals surface area (Å²) in [7, 11) is 3.30. The Kier molecular flexibility index (Phi) is 3.66. The molecule has 21 heavy (non-hydrogen) atoms. The summed E-state index contributed by atoms with van der Waals surface area (Å²) in [5.41, 5.74) is 1.82. The number of benzene rings is 1. The second-order valence-corrected chi connectivity index (χ2v) is 5.94. The maximum absolute atomic E-state index is 5.40. The summed E-state index contributed by atoms with van der Waals surface area (Å²) >= 11 is 1.74. The van der Waals surface area contributed by atoms with Gasteiger partial charge in [-0.25, -0.2) is 0 Å². The molecule has 0 atom stereocenters. The van der Waals surface area contributed by atoms with E-state index in [0.717, 1.165) is 28.3 Å². The van der Waals surface area contributed by atoms with Crippen LogP contribution in [-0.2, 0) is 0 Å². The van der Waals surface area contributed by atoms with Gasteiger partial charge in [-0.1, -0.05) is 0 Å². The summed E-state index contributed by atoms with van der Waals surface area (Å²) < 4.78 is 11.8. The Bertz CT molecular complexity index is 783. The predicted octanol–water partition coefficient (Wildman–Crippen LogP) is 4.37. The van der Waals surface area contributed by atoms with Crippen LogP contribution in [0.1, 0.15) is 4.88 Å². The van der Waals surface area contributed by atoms with Crippen molar-refractivity contribution >= 4 is 32.8 Å². The largest absolute Gasteiger partial charge is 0.497 e. The van der Waals surface area contributed by atoms with Gasteiger partial charge >= 0.3 is 0 Å². The number of fused-ring (bicyclic) bond motifs is 1. The highest BCUT2D eigenvalue weighted by molar-refractivity contribution is 7.19. The first-order valence-corrected chi connectivity index (χ1v) is 7.36. The van der Waals surface area contributed by atoms with Crippen molar-refractivity contribution in [1.82, 2.24) is 4.98 Å². The number of hydrogen-bond donors (Lipinski definition) is 1. The van der Waals surface area contributed by atoms with Gasteiger partial charge in [0, 0.05) is 22.5 Å². The number of nitrogens with one attached hydrogen (secondary N) is 1. The average molecular weight is 300 g/mol. The molecule has 2 heterocycles. The fourth-order valence-electron chi connectivity index (χ4n) is 2.24. The second-order valence-electron chi connectivity index (χ2n) is 4.65. The molecule has 0 aliphatic heterocycles. The highest BCUT2D eigenvalue weighted by Crippen LogP contribution is 2.35. The number of ether oxygens (including phenoxy) is 2. The average Bonchev–Trinajstić information content (AvgIpc) is 2.88. The van der Waals surface area contributed by atoms with Gasteiger partial charge in [0.05, 0.1) is 36.5 Å². The lowest BCUT2D eigenvalue weighted by Crippen LogP contribution is -1.96. The van der Waals surface area contributed by atoms with Gasteiger partial charge in [-0.2, -0.15) is 0 Å². The molecule has 0 saturated carbocycles. The highest BCUT2D eigenvalue weighted by Gasteiger charge is 2.09. The monoisotopic (exact) mass is 300 g/mol. The van der Waals surface area contributed by atoms with Crippen molar-refractivity contribution < 1.29 is 9.47 Å². The minimum Gasteiger partial charge on any atom is -0.497 e. The minimum absolute atomic E-state index is 0.764. The Hall–Kier alpha value is -2.27. The number of anilines is 2. The molecule has 0 spiro atoms. The lowest BCUT2D eigenvalue weighted by molar-refractivity contribution is 0.405. The summed E-state index contributed by atoms with van der Waals surface area (Å²) in [6.07, 6.45) is 3.72. The predicted molar refractivity (Wildman–Crippen MR) is 87.2 cm³/mol. The number of aryl methyl sites for hydroxylation is 1. The van der Waals surface area contributed by atoms with E-state index in [2.05, 4.69) is 23.3 Å². The summed E-state index contributed by atoms with van der Waals surface area (Å²) in [4.78, 5) is 5.56. The van der Waals surface area contributed by atoms with Crippen LogP contribution in [0.25, 0.3) is 10.1 Å². The fraction of sp³-hybridized carbons (Fsp3) is 0.188. The molecular formula is C16H16N2O2S. The molecular weight excluding hydrogens is 284 g/mol. The van der Waals surface area contributed by atoms with E-state index in [1.165, 1.54) is 9.58 Å². The molecule has 1 aromatic carbocycles. The van der Waals surface area contributed by atoms with E-state index >= 15 is 0 Å². The SMILES string of the molecule is COc1ccc(OC)c(Nc2cncc3sc(C)cc23)c1. The zero-order valence-electron chi connectivity index (χ0n) is 12.1. The first-order valence-electron chi connectivity index (χ1n) is 6.54. The van der Waals surface area contributed by atoms with Crippen LogP contribution >= 0.6 is 11.3 Å². The molecule has 2 aromatic heterocycles. The van der Waals surface area contributed by atoms with Crippen LogP contribution in [0, 0.1) is 6.92 Å². The quantitative estimate of drug-likeness (QED) is 0.777. The van der Waals surface area contributed by atoms with Gasteiger partial charge in [0.25, 0.3) is 0 Å². The molecule has 0 unspecified atom stereocenters. The van der Waals surface area contributed by atoms with Crippen molar-refractivity contribution in [3.63, 3.8) is 0 Å².